The van der Waals surface area contributed by atoms with E-state index in [-0.39, 0.29) is 5.91 Å². The van der Waals surface area contributed by atoms with Gasteiger partial charge in [0.25, 0.3) is 0 Å². The van der Waals surface area contributed by atoms with Gasteiger partial charge in [0.1, 0.15) is 0 Å². The van der Waals surface area contributed by atoms with Crippen molar-refractivity contribution in [3.05, 3.63) is 17.8 Å². The molecule has 0 spiro atoms. The molecular weight excluding hydrogens is 228 g/mol. The highest BCUT2D eigenvalue weighted by Gasteiger charge is 2.22. The fraction of sp³-hybridized carbons (Fsp3) is 0.538. The third-order valence-electron chi connectivity index (χ3n) is 3.44. The number of rotatable bonds is 3. The number of nitrogens with zero attached hydrogens (tertiary/aromatic N) is 2. The molecule has 0 aromatic carbocycles. The van der Waals surface area contributed by atoms with Crippen molar-refractivity contribution in [3.63, 3.8) is 0 Å². The van der Waals surface area contributed by atoms with Crippen molar-refractivity contribution in [2.45, 2.75) is 26.2 Å². The van der Waals surface area contributed by atoms with Crippen LogP contribution in [-0.4, -0.2) is 24.0 Å². The quantitative estimate of drug-likeness (QED) is 0.837. The van der Waals surface area contributed by atoms with Crippen LogP contribution in [0.25, 0.3) is 0 Å². The molecule has 2 rings (SSSR count). The fourth-order valence-electron chi connectivity index (χ4n) is 2.48. The molecule has 2 heterocycles. The predicted octanol–water partition coefficient (Wildman–Crippen LogP) is 1.06. The molecule has 98 valence electrons. The van der Waals surface area contributed by atoms with E-state index in [2.05, 4.69) is 9.88 Å². The van der Waals surface area contributed by atoms with Crippen LogP contribution in [0.2, 0.25) is 0 Å². The molecule has 1 fully saturated rings. The molecule has 1 aliphatic heterocycles. The Bertz CT molecular complexity index is 439. The van der Waals surface area contributed by atoms with Crippen LogP contribution < -0.4 is 16.4 Å². The van der Waals surface area contributed by atoms with Gasteiger partial charge in [-0.3, -0.25) is 4.79 Å². The topological polar surface area (TPSA) is 85.2 Å². The third kappa shape index (κ3) is 2.91. The molecule has 4 N–H and O–H groups in total. The lowest BCUT2D eigenvalue weighted by Gasteiger charge is -2.33. The molecule has 0 saturated carbocycles. The van der Waals surface area contributed by atoms with Gasteiger partial charge in [0, 0.05) is 25.7 Å². The van der Waals surface area contributed by atoms with E-state index in [1.54, 1.807) is 0 Å². The van der Waals surface area contributed by atoms with Crippen LogP contribution in [0.4, 0.5) is 11.5 Å². The standard InChI is InChI=1S/C13H20N4O/c1-9-6-11(14)13(16-8-9)17-4-2-10(3-5-17)7-12(15)18/h6,8,10H,2-5,7,14H2,1H3,(H2,15,18). The minimum Gasteiger partial charge on any atom is -0.396 e. The zero-order valence-electron chi connectivity index (χ0n) is 10.7. The van der Waals surface area contributed by atoms with Crippen molar-refractivity contribution in [2.75, 3.05) is 23.7 Å². The Kier molecular flexibility index (Phi) is 3.69. The van der Waals surface area contributed by atoms with E-state index < -0.39 is 0 Å². The van der Waals surface area contributed by atoms with Crippen LogP contribution >= 0.6 is 0 Å². The average Bonchev–Trinajstić information content (AvgIpc) is 2.30. The van der Waals surface area contributed by atoms with Gasteiger partial charge in [0.05, 0.1) is 5.69 Å². The van der Waals surface area contributed by atoms with Crippen molar-refractivity contribution < 1.29 is 4.79 Å². The second-order valence-corrected chi connectivity index (χ2v) is 5.03. The molecule has 0 atom stereocenters. The number of carbonyl (C=O) groups is 1. The van der Waals surface area contributed by atoms with Gasteiger partial charge in [0.2, 0.25) is 5.91 Å². The highest BCUT2D eigenvalue weighted by molar-refractivity contribution is 5.74. The number of nitrogen functional groups attached to an aromatic ring is 1. The minimum absolute atomic E-state index is 0.207. The van der Waals surface area contributed by atoms with Gasteiger partial charge in [-0.25, -0.2) is 4.98 Å². The lowest BCUT2D eigenvalue weighted by molar-refractivity contribution is -0.119. The van der Waals surface area contributed by atoms with Gasteiger partial charge in [-0.05, 0) is 37.3 Å². The smallest absolute Gasteiger partial charge is 0.217 e. The van der Waals surface area contributed by atoms with E-state index >= 15 is 0 Å². The van der Waals surface area contributed by atoms with Gasteiger partial charge >= 0.3 is 0 Å². The Labute approximate surface area is 107 Å². The van der Waals surface area contributed by atoms with Gasteiger partial charge in [-0.15, -0.1) is 0 Å². The Morgan fingerprint density at radius 1 is 1.50 bits per heavy atom. The maximum Gasteiger partial charge on any atom is 0.217 e. The largest absolute Gasteiger partial charge is 0.396 e. The summed E-state index contributed by atoms with van der Waals surface area (Å²) in [4.78, 5) is 17.5. The van der Waals surface area contributed by atoms with Crippen molar-refractivity contribution in [3.8, 4) is 0 Å². The summed E-state index contributed by atoms with van der Waals surface area (Å²) < 4.78 is 0. The number of nitrogens with two attached hydrogens (primary N) is 2. The Morgan fingerprint density at radius 2 is 2.17 bits per heavy atom. The molecule has 5 nitrogen and oxygen atoms in total. The fourth-order valence-corrected chi connectivity index (χ4v) is 2.48. The van der Waals surface area contributed by atoms with Crippen LogP contribution in [0.3, 0.4) is 0 Å². The second kappa shape index (κ2) is 5.25. The van der Waals surface area contributed by atoms with E-state index in [9.17, 15) is 4.79 Å². The molecule has 5 heteroatoms. The summed E-state index contributed by atoms with van der Waals surface area (Å²) in [5, 5.41) is 0. The molecule has 0 unspecified atom stereocenters. The second-order valence-electron chi connectivity index (χ2n) is 5.03. The maximum absolute atomic E-state index is 10.9. The number of aryl methyl sites for hydroxylation is 1. The summed E-state index contributed by atoms with van der Waals surface area (Å²) in [5.41, 5.74) is 13.0. The molecule has 1 aromatic heterocycles. The van der Waals surface area contributed by atoms with Gasteiger partial charge in [-0.2, -0.15) is 0 Å². The number of carbonyl (C=O) groups excluding carboxylic acids is 1. The summed E-state index contributed by atoms with van der Waals surface area (Å²) in [6, 6.07) is 1.94. The predicted molar refractivity (Wildman–Crippen MR) is 72.1 cm³/mol. The SMILES string of the molecule is Cc1cnc(N2CCC(CC(N)=O)CC2)c(N)c1. The number of pyridine rings is 1. The number of anilines is 2. The number of hydrogen-bond donors (Lipinski definition) is 2. The van der Waals surface area contributed by atoms with Gasteiger partial charge in [-0.1, -0.05) is 0 Å². The zero-order chi connectivity index (χ0) is 13.1. The Morgan fingerprint density at radius 3 is 2.72 bits per heavy atom. The molecule has 1 aromatic rings. The van der Waals surface area contributed by atoms with Crippen molar-refractivity contribution in [1.82, 2.24) is 4.98 Å². The Balaban J connectivity index is 1.99. The van der Waals surface area contributed by atoms with Crippen LogP contribution in [0, 0.1) is 12.8 Å². The number of primary amides is 1. The third-order valence-corrected chi connectivity index (χ3v) is 3.44. The first-order valence-electron chi connectivity index (χ1n) is 6.31. The first kappa shape index (κ1) is 12.7. The first-order chi connectivity index (χ1) is 8.56. The molecule has 0 aliphatic carbocycles. The summed E-state index contributed by atoms with van der Waals surface area (Å²) in [6.45, 7) is 3.75. The van der Waals surface area contributed by atoms with E-state index in [1.165, 1.54) is 0 Å². The minimum atomic E-state index is -0.207. The summed E-state index contributed by atoms with van der Waals surface area (Å²) in [6.07, 6.45) is 4.27. The summed E-state index contributed by atoms with van der Waals surface area (Å²) in [5.74, 6) is 1.06. The van der Waals surface area contributed by atoms with Gasteiger partial charge in [0.15, 0.2) is 5.82 Å². The number of hydrogen-bond acceptors (Lipinski definition) is 4. The summed E-state index contributed by atoms with van der Waals surface area (Å²) in [7, 11) is 0. The van der Waals surface area contributed by atoms with E-state index in [1.807, 2.05) is 19.2 Å². The first-order valence-corrected chi connectivity index (χ1v) is 6.31. The number of amides is 1. The Hall–Kier alpha value is -1.78. The van der Waals surface area contributed by atoms with Crippen LogP contribution in [0.1, 0.15) is 24.8 Å². The normalized spacial score (nSPS) is 16.8. The molecule has 18 heavy (non-hydrogen) atoms. The maximum atomic E-state index is 10.9. The van der Waals surface area contributed by atoms with Crippen LogP contribution in [0.5, 0.6) is 0 Å². The molecule has 0 radical (unpaired) electrons. The number of piperidine rings is 1. The molecule has 1 saturated heterocycles. The zero-order valence-corrected chi connectivity index (χ0v) is 10.7. The van der Waals surface area contributed by atoms with Crippen molar-refractivity contribution in [2.24, 2.45) is 11.7 Å². The highest BCUT2D eigenvalue weighted by Crippen LogP contribution is 2.27. The van der Waals surface area contributed by atoms with E-state index in [4.69, 9.17) is 11.5 Å². The number of aromatic nitrogens is 1. The van der Waals surface area contributed by atoms with Crippen molar-refractivity contribution in [1.29, 1.82) is 0 Å². The summed E-state index contributed by atoms with van der Waals surface area (Å²) >= 11 is 0. The molecule has 1 aliphatic rings. The molecule has 0 bridgehead atoms. The van der Waals surface area contributed by atoms with E-state index in [0.29, 0.717) is 12.3 Å². The lowest BCUT2D eigenvalue weighted by atomic mass is 9.93. The molecule has 1 amide bonds. The lowest BCUT2D eigenvalue weighted by Crippen LogP contribution is -2.36. The average molecular weight is 248 g/mol. The van der Waals surface area contributed by atoms with E-state index in [0.717, 1.165) is 43.0 Å². The van der Waals surface area contributed by atoms with Crippen molar-refractivity contribution >= 4 is 17.4 Å². The highest BCUT2D eigenvalue weighted by atomic mass is 16.1. The van der Waals surface area contributed by atoms with Crippen LogP contribution in [0.15, 0.2) is 12.3 Å². The van der Waals surface area contributed by atoms with Gasteiger partial charge < -0.3 is 16.4 Å². The molecular formula is C13H20N4O. The monoisotopic (exact) mass is 248 g/mol. The van der Waals surface area contributed by atoms with Crippen LogP contribution in [-0.2, 0) is 4.79 Å².